The van der Waals surface area contributed by atoms with Crippen molar-refractivity contribution in [3.63, 3.8) is 0 Å². The molecule has 2 aromatic carbocycles. The Morgan fingerprint density at radius 2 is 1.82 bits per heavy atom. The Balaban J connectivity index is 1.54. The molecule has 3 N–H and O–H groups in total. The Labute approximate surface area is 194 Å². The molecule has 6 nitrogen and oxygen atoms in total. The van der Waals surface area contributed by atoms with Crippen LogP contribution in [0.5, 0.6) is 0 Å². The third kappa shape index (κ3) is 5.60. The second-order valence-electron chi connectivity index (χ2n) is 9.11. The van der Waals surface area contributed by atoms with E-state index in [4.69, 9.17) is 5.73 Å². The van der Waals surface area contributed by atoms with Crippen molar-refractivity contribution in [2.24, 2.45) is 5.73 Å². The van der Waals surface area contributed by atoms with Crippen LogP contribution in [0.25, 0.3) is 0 Å². The summed E-state index contributed by atoms with van der Waals surface area (Å²) in [7, 11) is 0. The molecule has 2 aliphatic rings. The average molecular weight is 453 g/mol. The maximum atomic E-state index is 13.4. The highest BCUT2D eigenvalue weighted by molar-refractivity contribution is 5.97. The van der Waals surface area contributed by atoms with Gasteiger partial charge in [-0.2, -0.15) is 0 Å². The molecule has 1 unspecified atom stereocenters. The SMILES string of the molecule is Cc1ccccc1CN(C1CC1)C1CCN(C(=O)c2ccc(F)cc2)[C@@H](C(=O)NCCN)C1. The van der Waals surface area contributed by atoms with Gasteiger partial charge in [-0.3, -0.25) is 14.5 Å². The first-order chi connectivity index (χ1) is 16.0. The first-order valence-electron chi connectivity index (χ1n) is 11.8. The van der Waals surface area contributed by atoms with E-state index in [1.54, 1.807) is 4.90 Å². The zero-order chi connectivity index (χ0) is 23.4. The highest BCUT2D eigenvalue weighted by Crippen LogP contribution is 2.35. The van der Waals surface area contributed by atoms with Gasteiger partial charge in [0.25, 0.3) is 5.91 Å². The van der Waals surface area contributed by atoms with Crippen molar-refractivity contribution >= 4 is 11.8 Å². The number of nitrogens with two attached hydrogens (primary N) is 1. The summed E-state index contributed by atoms with van der Waals surface area (Å²) < 4.78 is 13.4. The predicted octanol–water partition coefficient (Wildman–Crippen LogP) is 2.85. The van der Waals surface area contributed by atoms with Crippen molar-refractivity contribution in [1.82, 2.24) is 15.1 Å². The van der Waals surface area contributed by atoms with Gasteiger partial charge in [-0.05, 0) is 68.0 Å². The molecular formula is C26H33FN4O2. The Bertz CT molecular complexity index is 977. The molecule has 0 radical (unpaired) electrons. The first kappa shape index (κ1) is 23.4. The van der Waals surface area contributed by atoms with Crippen molar-refractivity contribution in [1.29, 1.82) is 0 Å². The number of hydrogen-bond acceptors (Lipinski definition) is 4. The quantitative estimate of drug-likeness (QED) is 0.646. The van der Waals surface area contributed by atoms with E-state index < -0.39 is 11.9 Å². The van der Waals surface area contributed by atoms with Gasteiger partial charge in [-0.25, -0.2) is 4.39 Å². The molecule has 2 amide bonds. The number of piperidine rings is 1. The summed E-state index contributed by atoms with van der Waals surface area (Å²) in [6.45, 7) is 4.18. The highest BCUT2D eigenvalue weighted by atomic mass is 19.1. The van der Waals surface area contributed by atoms with E-state index in [0.717, 1.165) is 13.0 Å². The molecule has 176 valence electrons. The molecular weight excluding hydrogens is 419 g/mol. The van der Waals surface area contributed by atoms with Crippen LogP contribution < -0.4 is 11.1 Å². The summed E-state index contributed by atoms with van der Waals surface area (Å²) in [6, 6.07) is 14.1. The summed E-state index contributed by atoms with van der Waals surface area (Å²) >= 11 is 0. The van der Waals surface area contributed by atoms with Gasteiger partial charge in [0.1, 0.15) is 11.9 Å². The normalized spacial score (nSPS) is 20.7. The lowest BCUT2D eigenvalue weighted by atomic mass is 9.93. The largest absolute Gasteiger partial charge is 0.353 e. The van der Waals surface area contributed by atoms with Crippen LogP contribution in [0.15, 0.2) is 48.5 Å². The van der Waals surface area contributed by atoms with Gasteiger partial charge in [0.05, 0.1) is 0 Å². The van der Waals surface area contributed by atoms with Crippen LogP contribution in [0.4, 0.5) is 4.39 Å². The fourth-order valence-electron chi connectivity index (χ4n) is 4.76. The monoisotopic (exact) mass is 452 g/mol. The van der Waals surface area contributed by atoms with Crippen LogP contribution in [-0.4, -0.2) is 59.4 Å². The van der Waals surface area contributed by atoms with Crippen molar-refractivity contribution in [3.8, 4) is 0 Å². The number of carbonyl (C=O) groups excluding carboxylic acids is 2. The van der Waals surface area contributed by atoms with Crippen LogP contribution in [0.3, 0.4) is 0 Å². The Hall–Kier alpha value is -2.77. The molecule has 1 aliphatic carbocycles. The molecule has 1 heterocycles. The number of benzene rings is 2. The van der Waals surface area contributed by atoms with Gasteiger partial charge >= 0.3 is 0 Å². The lowest BCUT2D eigenvalue weighted by Gasteiger charge is -2.43. The van der Waals surface area contributed by atoms with E-state index in [2.05, 4.69) is 41.4 Å². The molecule has 2 aromatic rings. The second kappa shape index (κ2) is 10.4. The minimum Gasteiger partial charge on any atom is -0.353 e. The molecule has 1 saturated heterocycles. The molecule has 0 aromatic heterocycles. The van der Waals surface area contributed by atoms with E-state index >= 15 is 0 Å². The Kier molecular flexibility index (Phi) is 7.40. The standard InChI is InChI=1S/C26H33FN4O2/c1-18-4-2-3-5-20(18)17-31(22-10-11-22)23-12-15-30(24(16-23)25(32)29-14-13-28)26(33)19-6-8-21(27)9-7-19/h2-9,22-24H,10-17,28H2,1H3,(H,29,32)/t23?,24-/m1/s1. The smallest absolute Gasteiger partial charge is 0.254 e. The molecule has 1 aliphatic heterocycles. The number of likely N-dealkylation sites (tertiary alicyclic amines) is 1. The zero-order valence-electron chi connectivity index (χ0n) is 19.2. The van der Waals surface area contributed by atoms with Crippen molar-refractivity contribution in [2.75, 3.05) is 19.6 Å². The Morgan fingerprint density at radius 3 is 2.48 bits per heavy atom. The van der Waals surface area contributed by atoms with Crippen molar-refractivity contribution in [2.45, 2.75) is 57.3 Å². The van der Waals surface area contributed by atoms with E-state index in [0.29, 0.717) is 37.7 Å². The van der Waals surface area contributed by atoms with E-state index in [1.807, 2.05) is 0 Å². The first-order valence-corrected chi connectivity index (χ1v) is 11.8. The number of nitrogens with zero attached hydrogens (tertiary/aromatic N) is 2. The van der Waals surface area contributed by atoms with Gasteiger partial charge in [0.15, 0.2) is 0 Å². The molecule has 4 rings (SSSR count). The molecule has 1 saturated carbocycles. The third-order valence-electron chi connectivity index (χ3n) is 6.77. The molecule has 2 atom stereocenters. The third-order valence-corrected chi connectivity index (χ3v) is 6.77. The number of halogens is 1. The van der Waals surface area contributed by atoms with Crippen LogP contribution in [0.2, 0.25) is 0 Å². The van der Waals surface area contributed by atoms with Gasteiger partial charge < -0.3 is 16.0 Å². The lowest BCUT2D eigenvalue weighted by molar-refractivity contribution is -0.127. The summed E-state index contributed by atoms with van der Waals surface area (Å²) in [4.78, 5) is 30.5. The number of nitrogens with one attached hydrogen (secondary N) is 1. The van der Waals surface area contributed by atoms with Gasteiger partial charge in [0, 0.05) is 43.8 Å². The van der Waals surface area contributed by atoms with Crippen LogP contribution in [-0.2, 0) is 11.3 Å². The maximum Gasteiger partial charge on any atom is 0.254 e. The fourth-order valence-corrected chi connectivity index (χ4v) is 4.76. The Morgan fingerprint density at radius 1 is 1.09 bits per heavy atom. The molecule has 0 bridgehead atoms. The van der Waals surface area contributed by atoms with Crippen LogP contribution in [0.1, 0.15) is 47.2 Å². The molecule has 7 heteroatoms. The average Bonchev–Trinajstić information content (AvgIpc) is 3.67. The summed E-state index contributed by atoms with van der Waals surface area (Å²) in [6.07, 6.45) is 3.72. The summed E-state index contributed by atoms with van der Waals surface area (Å²) in [5, 5.41) is 2.87. The number of amides is 2. The van der Waals surface area contributed by atoms with Crippen LogP contribution in [0, 0.1) is 12.7 Å². The van der Waals surface area contributed by atoms with Crippen molar-refractivity contribution in [3.05, 3.63) is 71.0 Å². The number of rotatable bonds is 8. The summed E-state index contributed by atoms with van der Waals surface area (Å²) in [5.41, 5.74) is 8.56. The fraction of sp³-hybridized carbons (Fsp3) is 0.462. The predicted molar refractivity (Wildman–Crippen MR) is 126 cm³/mol. The number of hydrogen-bond donors (Lipinski definition) is 2. The zero-order valence-corrected chi connectivity index (χ0v) is 19.2. The second-order valence-corrected chi connectivity index (χ2v) is 9.11. The molecule has 2 fully saturated rings. The van der Waals surface area contributed by atoms with Gasteiger partial charge in [0.2, 0.25) is 5.91 Å². The minimum atomic E-state index is -0.578. The van der Waals surface area contributed by atoms with Gasteiger partial charge in [-0.15, -0.1) is 0 Å². The highest BCUT2D eigenvalue weighted by Gasteiger charge is 2.42. The maximum absolute atomic E-state index is 13.4. The minimum absolute atomic E-state index is 0.174. The topological polar surface area (TPSA) is 78.7 Å². The molecule has 33 heavy (non-hydrogen) atoms. The number of carbonyl (C=O) groups is 2. The number of aryl methyl sites for hydroxylation is 1. The van der Waals surface area contributed by atoms with E-state index in [1.165, 1.54) is 48.2 Å². The van der Waals surface area contributed by atoms with Crippen molar-refractivity contribution < 1.29 is 14.0 Å². The van der Waals surface area contributed by atoms with E-state index in [9.17, 15) is 14.0 Å². The summed E-state index contributed by atoms with van der Waals surface area (Å²) in [5.74, 6) is -0.802. The lowest BCUT2D eigenvalue weighted by Crippen LogP contribution is -2.58. The van der Waals surface area contributed by atoms with Gasteiger partial charge in [-0.1, -0.05) is 24.3 Å². The molecule has 0 spiro atoms. The van der Waals surface area contributed by atoms with Crippen LogP contribution >= 0.6 is 0 Å². The van der Waals surface area contributed by atoms with E-state index in [-0.39, 0.29) is 17.9 Å².